The van der Waals surface area contributed by atoms with Crippen molar-refractivity contribution in [3.05, 3.63) is 16.1 Å². The second-order valence-corrected chi connectivity index (χ2v) is 7.56. The van der Waals surface area contributed by atoms with E-state index in [0.717, 1.165) is 24.5 Å². The number of halogens is 2. The topological polar surface area (TPSA) is 45.2 Å². The standard InChI is InChI=1S/C15H23N3OS.2ClH/c1-11-17-8-13(20-11)9-18(2)14(19)15-6-4-3-5-12(15)7-16-10-15;;/h8,12,16H,3-7,9-10H2,1-2H3;2*1H/t12-,15+;;/m0../s1. The van der Waals surface area contributed by atoms with Gasteiger partial charge in [-0.1, -0.05) is 12.8 Å². The zero-order valence-electron chi connectivity index (χ0n) is 13.1. The van der Waals surface area contributed by atoms with Crippen LogP contribution in [0, 0.1) is 18.3 Å². The second kappa shape index (κ2) is 7.95. The van der Waals surface area contributed by atoms with E-state index < -0.39 is 0 Å². The van der Waals surface area contributed by atoms with Crippen molar-refractivity contribution >= 4 is 42.1 Å². The van der Waals surface area contributed by atoms with Crippen LogP contribution in [0.3, 0.4) is 0 Å². The van der Waals surface area contributed by atoms with Gasteiger partial charge in [0.25, 0.3) is 0 Å². The molecule has 2 fully saturated rings. The Kier molecular flexibility index (Phi) is 7.12. The van der Waals surface area contributed by atoms with Gasteiger partial charge in [-0.25, -0.2) is 4.98 Å². The van der Waals surface area contributed by atoms with Gasteiger partial charge in [-0.05, 0) is 32.2 Å². The summed E-state index contributed by atoms with van der Waals surface area (Å²) in [5.41, 5.74) is -0.132. The molecule has 126 valence electrons. The van der Waals surface area contributed by atoms with Crippen molar-refractivity contribution < 1.29 is 4.79 Å². The molecule has 0 spiro atoms. The van der Waals surface area contributed by atoms with Crippen molar-refractivity contribution in [3.8, 4) is 0 Å². The Hall–Kier alpha value is -0.360. The number of carbonyl (C=O) groups is 1. The van der Waals surface area contributed by atoms with Crippen LogP contribution in [0.1, 0.15) is 35.6 Å². The van der Waals surface area contributed by atoms with Crippen LogP contribution in [-0.2, 0) is 11.3 Å². The summed E-state index contributed by atoms with van der Waals surface area (Å²) in [5, 5.41) is 4.52. The maximum absolute atomic E-state index is 13.0. The number of hydrogen-bond donors (Lipinski definition) is 1. The van der Waals surface area contributed by atoms with Crippen LogP contribution in [0.4, 0.5) is 0 Å². The Labute approximate surface area is 148 Å². The molecule has 0 aromatic carbocycles. The van der Waals surface area contributed by atoms with Gasteiger partial charge < -0.3 is 10.2 Å². The quantitative estimate of drug-likeness (QED) is 0.895. The van der Waals surface area contributed by atoms with Gasteiger partial charge in [0.15, 0.2) is 0 Å². The number of fused-ring (bicyclic) bond motifs is 1. The average molecular weight is 366 g/mol. The van der Waals surface area contributed by atoms with Crippen molar-refractivity contribution in [2.24, 2.45) is 11.3 Å². The second-order valence-electron chi connectivity index (χ2n) is 6.24. The van der Waals surface area contributed by atoms with Crippen LogP contribution in [0.2, 0.25) is 0 Å². The van der Waals surface area contributed by atoms with Gasteiger partial charge in [0.1, 0.15) is 0 Å². The fraction of sp³-hybridized carbons (Fsp3) is 0.733. The molecule has 2 atom stereocenters. The third-order valence-electron chi connectivity index (χ3n) is 4.87. The van der Waals surface area contributed by atoms with Gasteiger partial charge in [0, 0.05) is 24.7 Å². The highest BCUT2D eigenvalue weighted by molar-refractivity contribution is 7.11. The van der Waals surface area contributed by atoms with E-state index in [1.807, 2.05) is 25.1 Å². The zero-order valence-corrected chi connectivity index (χ0v) is 15.6. The van der Waals surface area contributed by atoms with Gasteiger partial charge in [0.05, 0.1) is 17.0 Å². The van der Waals surface area contributed by atoms with E-state index in [4.69, 9.17) is 0 Å². The first-order chi connectivity index (χ1) is 9.62. The monoisotopic (exact) mass is 365 g/mol. The van der Waals surface area contributed by atoms with Gasteiger partial charge in [-0.3, -0.25) is 4.79 Å². The van der Waals surface area contributed by atoms with Gasteiger partial charge >= 0.3 is 0 Å². The predicted molar refractivity (Wildman–Crippen MR) is 95.1 cm³/mol. The minimum atomic E-state index is -0.132. The number of carbonyl (C=O) groups excluding carboxylic acids is 1. The largest absolute Gasteiger partial charge is 0.340 e. The molecule has 2 aliphatic rings. The summed E-state index contributed by atoms with van der Waals surface area (Å²) in [6.07, 6.45) is 6.62. The lowest BCUT2D eigenvalue weighted by atomic mass is 9.67. The van der Waals surface area contributed by atoms with E-state index in [0.29, 0.717) is 18.4 Å². The Morgan fingerprint density at radius 1 is 1.50 bits per heavy atom. The molecule has 1 amide bonds. The van der Waals surface area contributed by atoms with Crippen molar-refractivity contribution in [1.29, 1.82) is 0 Å². The minimum absolute atomic E-state index is 0. The highest BCUT2D eigenvalue weighted by Gasteiger charge is 2.50. The summed E-state index contributed by atoms with van der Waals surface area (Å²) in [4.78, 5) is 20.3. The molecular weight excluding hydrogens is 341 g/mol. The normalized spacial score (nSPS) is 26.5. The van der Waals surface area contributed by atoms with Crippen molar-refractivity contribution in [2.45, 2.75) is 39.2 Å². The Bertz CT molecular complexity index is 511. The number of thiazole rings is 1. The lowest BCUT2D eigenvalue weighted by Gasteiger charge is -2.39. The molecule has 0 bridgehead atoms. The van der Waals surface area contributed by atoms with Crippen molar-refractivity contribution in [1.82, 2.24) is 15.2 Å². The molecule has 1 aliphatic heterocycles. The maximum atomic E-state index is 13.0. The average Bonchev–Trinajstić information content (AvgIpc) is 3.04. The lowest BCUT2D eigenvalue weighted by molar-refractivity contribution is -0.144. The summed E-state index contributed by atoms with van der Waals surface area (Å²) in [5.74, 6) is 0.868. The van der Waals surface area contributed by atoms with Crippen LogP contribution >= 0.6 is 36.2 Å². The predicted octanol–water partition coefficient (Wildman–Crippen LogP) is 3.03. The van der Waals surface area contributed by atoms with Crippen molar-refractivity contribution in [3.63, 3.8) is 0 Å². The number of nitrogens with zero attached hydrogens (tertiary/aromatic N) is 2. The van der Waals surface area contributed by atoms with Gasteiger partial charge in [0.2, 0.25) is 5.91 Å². The molecule has 1 saturated heterocycles. The molecule has 1 N–H and O–H groups in total. The molecular formula is C15H25Cl2N3OS. The highest BCUT2D eigenvalue weighted by Crippen LogP contribution is 2.45. The lowest BCUT2D eigenvalue weighted by Crippen LogP contribution is -2.48. The molecule has 0 radical (unpaired) electrons. The third-order valence-corrected chi connectivity index (χ3v) is 5.77. The van der Waals surface area contributed by atoms with Gasteiger partial charge in [-0.15, -0.1) is 36.2 Å². The summed E-state index contributed by atoms with van der Waals surface area (Å²) >= 11 is 1.68. The number of aryl methyl sites for hydroxylation is 1. The zero-order chi connectivity index (χ0) is 14.2. The summed E-state index contributed by atoms with van der Waals surface area (Å²) in [6, 6.07) is 0. The SMILES string of the molecule is Cc1ncc(CN(C)C(=O)[C@@]23CCCC[C@H]2CNC3)s1.Cl.Cl. The first-order valence-corrected chi connectivity index (χ1v) is 8.31. The first kappa shape index (κ1) is 19.7. The highest BCUT2D eigenvalue weighted by atomic mass is 35.5. The van der Waals surface area contributed by atoms with E-state index in [2.05, 4.69) is 10.3 Å². The van der Waals surface area contributed by atoms with Crippen LogP contribution in [0.15, 0.2) is 6.20 Å². The Morgan fingerprint density at radius 2 is 2.27 bits per heavy atom. The van der Waals surface area contributed by atoms with Gasteiger partial charge in [-0.2, -0.15) is 0 Å². The van der Waals surface area contributed by atoms with Crippen molar-refractivity contribution in [2.75, 3.05) is 20.1 Å². The van der Waals surface area contributed by atoms with Crippen LogP contribution in [-0.4, -0.2) is 35.9 Å². The van der Waals surface area contributed by atoms with E-state index in [1.54, 1.807) is 11.3 Å². The van der Waals surface area contributed by atoms with Crippen LogP contribution in [0.5, 0.6) is 0 Å². The summed E-state index contributed by atoms with van der Waals surface area (Å²) < 4.78 is 0. The molecule has 1 aromatic rings. The van der Waals surface area contributed by atoms with E-state index >= 15 is 0 Å². The summed E-state index contributed by atoms with van der Waals surface area (Å²) in [7, 11) is 1.94. The van der Waals surface area contributed by atoms with E-state index in [-0.39, 0.29) is 30.2 Å². The fourth-order valence-corrected chi connectivity index (χ4v) is 4.68. The molecule has 0 unspecified atom stereocenters. The molecule has 3 rings (SSSR count). The maximum Gasteiger partial charge on any atom is 0.230 e. The molecule has 1 aliphatic carbocycles. The number of rotatable bonds is 3. The van der Waals surface area contributed by atoms with Crippen LogP contribution in [0.25, 0.3) is 0 Å². The fourth-order valence-electron chi connectivity index (χ4n) is 3.83. The Morgan fingerprint density at radius 3 is 2.95 bits per heavy atom. The van der Waals surface area contributed by atoms with E-state index in [1.165, 1.54) is 24.1 Å². The minimum Gasteiger partial charge on any atom is -0.340 e. The first-order valence-electron chi connectivity index (χ1n) is 7.49. The smallest absolute Gasteiger partial charge is 0.230 e. The molecule has 22 heavy (non-hydrogen) atoms. The number of nitrogens with one attached hydrogen (secondary N) is 1. The number of hydrogen-bond acceptors (Lipinski definition) is 4. The molecule has 4 nitrogen and oxygen atoms in total. The number of aromatic nitrogens is 1. The van der Waals surface area contributed by atoms with E-state index in [9.17, 15) is 4.79 Å². The number of amides is 1. The van der Waals surface area contributed by atoms with Crippen LogP contribution < -0.4 is 5.32 Å². The molecule has 1 aromatic heterocycles. The Balaban J connectivity index is 0.00000121. The molecule has 1 saturated carbocycles. The molecule has 2 heterocycles. The third kappa shape index (κ3) is 3.58. The molecule has 7 heteroatoms. The summed E-state index contributed by atoms with van der Waals surface area (Å²) in [6.45, 7) is 4.58.